The molecule has 4 heteroatoms. The molecule has 0 radical (unpaired) electrons. The largest absolute Gasteiger partial charge is 0.481 e. The molecule has 1 aliphatic heterocycles. The number of ether oxygens (including phenoxy) is 1. The van der Waals surface area contributed by atoms with Gasteiger partial charge in [0.15, 0.2) is 0 Å². The molecule has 0 spiro atoms. The van der Waals surface area contributed by atoms with Gasteiger partial charge in [0, 0.05) is 25.2 Å². The lowest BCUT2D eigenvalue weighted by Crippen LogP contribution is -2.37. The van der Waals surface area contributed by atoms with Crippen LogP contribution < -0.4 is 10.1 Å². The second-order valence-electron chi connectivity index (χ2n) is 4.79. The van der Waals surface area contributed by atoms with Crippen molar-refractivity contribution in [2.45, 2.75) is 32.4 Å². The first kappa shape index (κ1) is 13.3. The predicted molar refractivity (Wildman–Crippen MR) is 72.8 cm³/mol. The first-order valence-electron chi connectivity index (χ1n) is 6.77. The van der Waals surface area contributed by atoms with Crippen molar-refractivity contribution in [1.82, 2.24) is 15.2 Å². The van der Waals surface area contributed by atoms with Crippen LogP contribution in [0.5, 0.6) is 5.88 Å². The molecule has 0 amide bonds. The molecular formula is C14H23N3O. The topological polar surface area (TPSA) is 37.4 Å². The highest BCUT2D eigenvalue weighted by molar-refractivity contribution is 5.15. The van der Waals surface area contributed by atoms with Gasteiger partial charge >= 0.3 is 0 Å². The summed E-state index contributed by atoms with van der Waals surface area (Å²) in [5, 5.41) is 3.54. The Morgan fingerprint density at radius 1 is 1.50 bits per heavy atom. The van der Waals surface area contributed by atoms with E-state index in [1.54, 1.807) is 7.11 Å². The quantitative estimate of drug-likeness (QED) is 0.832. The summed E-state index contributed by atoms with van der Waals surface area (Å²) in [4.78, 5) is 6.90. The normalized spacial score (nSPS) is 19.4. The molecule has 100 valence electrons. The Kier molecular flexibility index (Phi) is 4.96. The van der Waals surface area contributed by atoms with E-state index in [0.717, 1.165) is 25.3 Å². The third-order valence-corrected chi connectivity index (χ3v) is 3.46. The van der Waals surface area contributed by atoms with Crippen LogP contribution in [0.2, 0.25) is 0 Å². The van der Waals surface area contributed by atoms with Gasteiger partial charge in [-0.15, -0.1) is 0 Å². The molecule has 1 saturated heterocycles. The first-order chi connectivity index (χ1) is 8.81. The van der Waals surface area contributed by atoms with Crippen LogP contribution >= 0.6 is 0 Å². The number of aromatic nitrogens is 1. The molecular weight excluding hydrogens is 226 g/mol. The van der Waals surface area contributed by atoms with Crippen molar-refractivity contribution >= 4 is 0 Å². The average molecular weight is 249 g/mol. The van der Waals surface area contributed by atoms with E-state index in [4.69, 9.17) is 4.74 Å². The van der Waals surface area contributed by atoms with E-state index in [-0.39, 0.29) is 0 Å². The molecule has 1 N–H and O–H groups in total. The van der Waals surface area contributed by atoms with Crippen LogP contribution in [0.4, 0.5) is 0 Å². The second-order valence-corrected chi connectivity index (χ2v) is 4.79. The molecule has 1 fully saturated rings. The molecule has 0 bridgehead atoms. The van der Waals surface area contributed by atoms with Gasteiger partial charge in [-0.05, 0) is 32.0 Å². The van der Waals surface area contributed by atoms with Gasteiger partial charge in [0.1, 0.15) is 0 Å². The van der Waals surface area contributed by atoms with Gasteiger partial charge in [0.25, 0.3) is 0 Å². The van der Waals surface area contributed by atoms with Crippen LogP contribution in [0.15, 0.2) is 18.2 Å². The van der Waals surface area contributed by atoms with E-state index < -0.39 is 0 Å². The maximum absolute atomic E-state index is 5.16. The van der Waals surface area contributed by atoms with Crippen molar-refractivity contribution in [3.63, 3.8) is 0 Å². The molecule has 4 nitrogen and oxygen atoms in total. The monoisotopic (exact) mass is 249 g/mol. The van der Waals surface area contributed by atoms with Crippen molar-refractivity contribution in [3.05, 3.63) is 23.9 Å². The predicted octanol–water partition coefficient (Wildman–Crippen LogP) is 1.66. The Labute approximate surface area is 109 Å². The van der Waals surface area contributed by atoms with Gasteiger partial charge < -0.3 is 10.1 Å². The van der Waals surface area contributed by atoms with Crippen molar-refractivity contribution < 1.29 is 4.74 Å². The molecule has 0 saturated carbocycles. The van der Waals surface area contributed by atoms with E-state index >= 15 is 0 Å². The third-order valence-electron chi connectivity index (χ3n) is 3.46. The molecule has 2 rings (SSSR count). The molecule has 2 heterocycles. The highest BCUT2D eigenvalue weighted by atomic mass is 16.5. The lowest BCUT2D eigenvalue weighted by Gasteiger charge is -2.23. The smallest absolute Gasteiger partial charge is 0.213 e. The van der Waals surface area contributed by atoms with E-state index in [0.29, 0.717) is 11.9 Å². The fourth-order valence-electron chi connectivity index (χ4n) is 2.42. The number of rotatable bonds is 6. The average Bonchev–Trinajstić information content (AvgIpc) is 2.91. The van der Waals surface area contributed by atoms with Crippen LogP contribution in [0, 0.1) is 0 Å². The van der Waals surface area contributed by atoms with Gasteiger partial charge in [0.05, 0.1) is 12.8 Å². The second kappa shape index (κ2) is 6.71. The van der Waals surface area contributed by atoms with Crippen molar-refractivity contribution in [2.24, 2.45) is 0 Å². The van der Waals surface area contributed by atoms with Crippen molar-refractivity contribution in [2.75, 3.05) is 26.7 Å². The summed E-state index contributed by atoms with van der Waals surface area (Å²) in [7, 11) is 1.66. The van der Waals surface area contributed by atoms with Gasteiger partial charge in [-0.25, -0.2) is 4.98 Å². The fraction of sp³-hybridized carbons (Fsp3) is 0.643. The van der Waals surface area contributed by atoms with Crippen LogP contribution in [0.25, 0.3) is 0 Å². The molecule has 1 atom stereocenters. The number of methoxy groups -OCH3 is 1. The summed E-state index contributed by atoms with van der Waals surface area (Å²) < 4.78 is 5.16. The number of hydrogen-bond donors (Lipinski definition) is 1. The number of pyridine rings is 1. The van der Waals surface area contributed by atoms with Gasteiger partial charge in [-0.2, -0.15) is 0 Å². The summed E-state index contributed by atoms with van der Waals surface area (Å²) in [6.07, 6.45) is 2.60. The Hall–Kier alpha value is -1.13. The minimum Gasteiger partial charge on any atom is -0.481 e. The molecule has 1 unspecified atom stereocenters. The van der Waals surface area contributed by atoms with Gasteiger partial charge in [-0.1, -0.05) is 13.0 Å². The number of likely N-dealkylation sites (N-methyl/N-ethyl adjacent to an activating group) is 1. The molecule has 1 aromatic rings. The number of nitrogens with one attached hydrogen (secondary N) is 1. The summed E-state index contributed by atoms with van der Waals surface area (Å²) in [5.74, 6) is 0.697. The van der Waals surface area contributed by atoms with Gasteiger partial charge in [0.2, 0.25) is 5.88 Å². The van der Waals surface area contributed by atoms with E-state index in [1.165, 1.54) is 19.4 Å². The molecule has 1 aromatic heterocycles. The lowest BCUT2D eigenvalue weighted by atomic mass is 10.2. The SMILES string of the molecule is CCN(Cc1cccc(OC)n1)CC1CCCN1. The van der Waals surface area contributed by atoms with E-state index in [9.17, 15) is 0 Å². The zero-order valence-electron chi connectivity index (χ0n) is 11.4. The maximum Gasteiger partial charge on any atom is 0.213 e. The van der Waals surface area contributed by atoms with E-state index in [2.05, 4.69) is 28.2 Å². The van der Waals surface area contributed by atoms with Crippen LogP contribution in [0.1, 0.15) is 25.5 Å². The minimum atomic E-state index is 0.649. The molecule has 18 heavy (non-hydrogen) atoms. The summed E-state index contributed by atoms with van der Waals surface area (Å²) in [5.41, 5.74) is 1.08. The van der Waals surface area contributed by atoms with Crippen LogP contribution in [0.3, 0.4) is 0 Å². The summed E-state index contributed by atoms with van der Waals surface area (Å²) in [6, 6.07) is 6.60. The highest BCUT2D eigenvalue weighted by Crippen LogP contribution is 2.11. The zero-order chi connectivity index (χ0) is 12.8. The lowest BCUT2D eigenvalue weighted by molar-refractivity contribution is 0.249. The Balaban J connectivity index is 1.91. The zero-order valence-corrected chi connectivity index (χ0v) is 11.4. The minimum absolute atomic E-state index is 0.649. The molecule has 0 aromatic carbocycles. The maximum atomic E-state index is 5.16. The van der Waals surface area contributed by atoms with E-state index in [1.807, 2.05) is 12.1 Å². The highest BCUT2D eigenvalue weighted by Gasteiger charge is 2.17. The van der Waals surface area contributed by atoms with Crippen molar-refractivity contribution in [1.29, 1.82) is 0 Å². The fourth-order valence-corrected chi connectivity index (χ4v) is 2.42. The summed E-state index contributed by atoms with van der Waals surface area (Å²) >= 11 is 0. The standard InChI is InChI=1S/C14H23N3O/c1-3-17(10-12-7-5-9-15-12)11-13-6-4-8-14(16-13)18-2/h4,6,8,12,15H,3,5,7,9-11H2,1-2H3. The molecule has 1 aliphatic rings. The van der Waals surface area contributed by atoms with Gasteiger partial charge in [-0.3, -0.25) is 4.90 Å². The van der Waals surface area contributed by atoms with Crippen LogP contribution in [-0.4, -0.2) is 42.7 Å². The first-order valence-corrected chi connectivity index (χ1v) is 6.77. The summed E-state index contributed by atoms with van der Waals surface area (Å²) in [6.45, 7) is 6.42. The number of nitrogens with zero attached hydrogens (tertiary/aromatic N) is 2. The van der Waals surface area contributed by atoms with Crippen LogP contribution in [-0.2, 0) is 6.54 Å². The third kappa shape index (κ3) is 3.68. The Bertz CT molecular complexity index is 364. The Morgan fingerprint density at radius 3 is 3.06 bits per heavy atom. The van der Waals surface area contributed by atoms with Crippen molar-refractivity contribution in [3.8, 4) is 5.88 Å². The Morgan fingerprint density at radius 2 is 2.39 bits per heavy atom. The molecule has 0 aliphatic carbocycles. The number of hydrogen-bond acceptors (Lipinski definition) is 4.